The summed E-state index contributed by atoms with van der Waals surface area (Å²) in [5.74, 6) is -0.151. The molecule has 1 aromatic heterocycles. The average Bonchev–Trinajstić information content (AvgIpc) is 2.82. The lowest BCUT2D eigenvalue weighted by atomic mass is 10.3. The molecule has 0 aliphatic carbocycles. The number of carbonyl (C=O) groups is 1. The van der Waals surface area contributed by atoms with Gasteiger partial charge in [0, 0.05) is 19.6 Å². The van der Waals surface area contributed by atoms with Crippen LogP contribution in [-0.4, -0.2) is 42.2 Å². The Morgan fingerprint density at radius 1 is 1.28 bits per heavy atom. The van der Waals surface area contributed by atoms with E-state index >= 15 is 0 Å². The van der Waals surface area contributed by atoms with Gasteiger partial charge in [-0.3, -0.25) is 4.79 Å². The van der Waals surface area contributed by atoms with Crippen LogP contribution in [0.4, 0.5) is 0 Å². The smallest absolute Gasteiger partial charge is 0.280 e. The van der Waals surface area contributed by atoms with Gasteiger partial charge in [0.2, 0.25) is 0 Å². The van der Waals surface area contributed by atoms with Crippen LogP contribution in [0.2, 0.25) is 0 Å². The van der Waals surface area contributed by atoms with E-state index in [0.29, 0.717) is 24.6 Å². The van der Waals surface area contributed by atoms with Crippen molar-refractivity contribution in [2.24, 2.45) is 0 Å². The summed E-state index contributed by atoms with van der Waals surface area (Å²) in [6, 6.07) is 7.68. The predicted octanol–water partition coefficient (Wildman–Crippen LogP) is 0.608. The minimum absolute atomic E-state index is 0.103. The van der Waals surface area contributed by atoms with Gasteiger partial charge in [-0.15, -0.1) is 11.3 Å². The van der Waals surface area contributed by atoms with Crippen LogP contribution in [0.3, 0.4) is 0 Å². The summed E-state index contributed by atoms with van der Waals surface area (Å²) >= 11 is 1.39. The molecule has 0 radical (unpaired) electrons. The van der Waals surface area contributed by atoms with Crippen molar-refractivity contribution in [1.29, 1.82) is 0 Å². The second-order valence-corrected chi connectivity index (χ2v) is 4.75. The molecule has 18 heavy (non-hydrogen) atoms. The van der Waals surface area contributed by atoms with E-state index in [1.165, 1.54) is 11.3 Å². The Kier molecular flexibility index (Phi) is 4.63. The Hall–Kier alpha value is -1.50. The van der Waals surface area contributed by atoms with E-state index in [4.69, 9.17) is 5.11 Å². The van der Waals surface area contributed by atoms with Crippen LogP contribution in [0.1, 0.15) is 9.80 Å². The Balaban J connectivity index is 1.88. The van der Waals surface area contributed by atoms with Crippen molar-refractivity contribution >= 4 is 27.5 Å². The summed E-state index contributed by atoms with van der Waals surface area (Å²) in [5.41, 5.74) is 0.853. The number of aliphatic hydroxyl groups excluding tert-OH is 1. The van der Waals surface area contributed by atoms with Crippen molar-refractivity contribution in [2.45, 2.75) is 0 Å². The quantitative estimate of drug-likeness (QED) is 0.669. The lowest BCUT2D eigenvalue weighted by Crippen LogP contribution is -2.32. The fourth-order valence-corrected chi connectivity index (χ4v) is 2.40. The first kappa shape index (κ1) is 12.9. The minimum atomic E-state index is -0.151. The Morgan fingerprint density at radius 3 is 2.89 bits per heavy atom. The summed E-state index contributed by atoms with van der Waals surface area (Å²) in [7, 11) is 0. The Morgan fingerprint density at radius 2 is 2.11 bits per heavy atom. The van der Waals surface area contributed by atoms with E-state index in [0.717, 1.165) is 10.2 Å². The van der Waals surface area contributed by atoms with Crippen molar-refractivity contribution in [2.75, 3.05) is 26.2 Å². The maximum absolute atomic E-state index is 11.8. The SMILES string of the molecule is O=C(NCCNCCO)c1nc2ccccc2s1. The molecule has 0 saturated carbocycles. The van der Waals surface area contributed by atoms with Gasteiger partial charge in [-0.25, -0.2) is 4.98 Å². The molecule has 1 aromatic carbocycles. The van der Waals surface area contributed by atoms with Gasteiger partial charge in [-0.2, -0.15) is 0 Å². The second-order valence-electron chi connectivity index (χ2n) is 3.72. The number of fused-ring (bicyclic) bond motifs is 1. The fourth-order valence-electron chi connectivity index (χ4n) is 1.51. The van der Waals surface area contributed by atoms with Crippen molar-refractivity contribution in [1.82, 2.24) is 15.6 Å². The van der Waals surface area contributed by atoms with E-state index in [2.05, 4.69) is 15.6 Å². The lowest BCUT2D eigenvalue weighted by Gasteiger charge is -2.03. The molecule has 6 heteroatoms. The fraction of sp³-hybridized carbons (Fsp3) is 0.333. The summed E-state index contributed by atoms with van der Waals surface area (Å²) in [6.45, 7) is 1.80. The number of rotatable bonds is 6. The molecule has 3 N–H and O–H groups in total. The zero-order chi connectivity index (χ0) is 12.8. The van der Waals surface area contributed by atoms with Crippen molar-refractivity contribution in [3.05, 3.63) is 29.3 Å². The maximum Gasteiger partial charge on any atom is 0.280 e. The minimum Gasteiger partial charge on any atom is -0.395 e. The summed E-state index contributed by atoms with van der Waals surface area (Å²) in [5, 5.41) is 14.8. The average molecular weight is 265 g/mol. The Bertz CT molecular complexity index is 494. The zero-order valence-corrected chi connectivity index (χ0v) is 10.7. The highest BCUT2D eigenvalue weighted by molar-refractivity contribution is 7.20. The molecule has 1 heterocycles. The summed E-state index contributed by atoms with van der Waals surface area (Å²) in [4.78, 5) is 16.1. The van der Waals surface area contributed by atoms with Gasteiger partial charge in [0.1, 0.15) is 0 Å². The van der Waals surface area contributed by atoms with Crippen LogP contribution < -0.4 is 10.6 Å². The molecule has 1 amide bonds. The van der Waals surface area contributed by atoms with Gasteiger partial charge in [0.15, 0.2) is 5.01 Å². The molecule has 96 valence electrons. The highest BCUT2D eigenvalue weighted by Gasteiger charge is 2.10. The first-order valence-corrected chi connectivity index (χ1v) is 6.58. The number of hydrogen-bond acceptors (Lipinski definition) is 5. The van der Waals surface area contributed by atoms with Gasteiger partial charge in [-0.1, -0.05) is 12.1 Å². The summed E-state index contributed by atoms with van der Waals surface area (Å²) in [6.07, 6.45) is 0. The van der Waals surface area contributed by atoms with Gasteiger partial charge in [0.25, 0.3) is 5.91 Å². The molecule has 0 spiro atoms. The normalized spacial score (nSPS) is 10.7. The van der Waals surface area contributed by atoms with Gasteiger partial charge >= 0.3 is 0 Å². The molecule has 0 unspecified atom stereocenters. The van der Waals surface area contributed by atoms with Crippen molar-refractivity contribution < 1.29 is 9.90 Å². The van der Waals surface area contributed by atoms with Crippen LogP contribution in [0.5, 0.6) is 0 Å². The van der Waals surface area contributed by atoms with Gasteiger partial charge in [0.05, 0.1) is 16.8 Å². The third-order valence-electron chi connectivity index (χ3n) is 2.36. The van der Waals surface area contributed by atoms with Gasteiger partial charge < -0.3 is 15.7 Å². The van der Waals surface area contributed by atoms with E-state index in [9.17, 15) is 4.79 Å². The van der Waals surface area contributed by atoms with Gasteiger partial charge in [-0.05, 0) is 12.1 Å². The van der Waals surface area contributed by atoms with Crippen LogP contribution in [0.25, 0.3) is 10.2 Å². The number of thiazole rings is 1. The molecule has 0 atom stereocenters. The standard InChI is InChI=1S/C12H15N3O2S/c16-8-7-13-5-6-14-11(17)12-15-9-3-1-2-4-10(9)18-12/h1-4,13,16H,5-8H2,(H,14,17). The number of nitrogens with one attached hydrogen (secondary N) is 2. The van der Waals surface area contributed by atoms with E-state index in [1.807, 2.05) is 24.3 Å². The third-order valence-corrected chi connectivity index (χ3v) is 3.40. The molecule has 0 aliphatic heterocycles. The van der Waals surface area contributed by atoms with E-state index in [-0.39, 0.29) is 12.5 Å². The van der Waals surface area contributed by atoms with Crippen LogP contribution in [-0.2, 0) is 0 Å². The number of amides is 1. The highest BCUT2D eigenvalue weighted by atomic mass is 32.1. The lowest BCUT2D eigenvalue weighted by molar-refractivity contribution is 0.0953. The molecular formula is C12H15N3O2S. The highest BCUT2D eigenvalue weighted by Crippen LogP contribution is 2.21. The third kappa shape index (κ3) is 3.25. The molecule has 2 rings (SSSR count). The number of carbonyl (C=O) groups excluding carboxylic acids is 1. The number of hydrogen-bond donors (Lipinski definition) is 3. The molecule has 0 aliphatic rings. The molecule has 0 fully saturated rings. The maximum atomic E-state index is 11.8. The van der Waals surface area contributed by atoms with Crippen molar-refractivity contribution in [3.8, 4) is 0 Å². The largest absolute Gasteiger partial charge is 0.395 e. The van der Waals surface area contributed by atoms with Crippen LogP contribution in [0.15, 0.2) is 24.3 Å². The van der Waals surface area contributed by atoms with Crippen molar-refractivity contribution in [3.63, 3.8) is 0 Å². The first-order chi connectivity index (χ1) is 8.81. The van der Waals surface area contributed by atoms with Crippen LogP contribution in [0, 0.1) is 0 Å². The van der Waals surface area contributed by atoms with Crippen LogP contribution >= 0.6 is 11.3 Å². The predicted molar refractivity (Wildman–Crippen MR) is 71.9 cm³/mol. The molecule has 2 aromatic rings. The monoisotopic (exact) mass is 265 g/mol. The number of benzene rings is 1. The van der Waals surface area contributed by atoms with E-state index in [1.54, 1.807) is 0 Å². The molecule has 0 saturated heterocycles. The topological polar surface area (TPSA) is 74.2 Å². The number of aromatic nitrogens is 1. The zero-order valence-electron chi connectivity index (χ0n) is 9.85. The molecule has 5 nitrogen and oxygen atoms in total. The second kappa shape index (κ2) is 6.44. The first-order valence-electron chi connectivity index (χ1n) is 5.76. The molecular weight excluding hydrogens is 250 g/mol. The molecule has 0 bridgehead atoms. The number of nitrogens with zero attached hydrogens (tertiary/aromatic N) is 1. The number of aliphatic hydroxyl groups is 1. The summed E-state index contributed by atoms with van der Waals surface area (Å²) < 4.78 is 1.01. The van der Waals surface area contributed by atoms with E-state index < -0.39 is 0 Å². The Labute approximate surface area is 109 Å². The number of para-hydroxylation sites is 1.